The third kappa shape index (κ3) is 3.48. The van der Waals surface area contributed by atoms with Gasteiger partial charge in [-0.15, -0.1) is 0 Å². The van der Waals surface area contributed by atoms with Gasteiger partial charge in [0.1, 0.15) is 5.82 Å². The second-order valence-electron chi connectivity index (χ2n) is 6.61. The molecule has 0 saturated carbocycles. The average Bonchev–Trinajstić information content (AvgIpc) is 3.12. The molecule has 0 unspecified atom stereocenters. The van der Waals surface area contributed by atoms with Crippen LogP contribution >= 0.6 is 0 Å². The lowest BCUT2D eigenvalue weighted by atomic mass is 10.1. The molecule has 2 aromatic carbocycles. The smallest absolute Gasteiger partial charge is 0.263 e. The predicted molar refractivity (Wildman–Crippen MR) is 109 cm³/mol. The van der Waals surface area contributed by atoms with Crippen LogP contribution in [0, 0.1) is 0 Å². The standard InChI is InChI=1S/C21H19N3O3S/c1-15(25)24-12-11-17-13-19(8-9-20(17)24)28(26,27)23-21-10-7-18(14-22-21)16-5-3-2-4-6-16/h2-10,13-14H,11-12H2,1H3,(H,22,23). The number of rotatable bonds is 4. The summed E-state index contributed by atoms with van der Waals surface area (Å²) in [6.07, 6.45) is 2.28. The van der Waals surface area contributed by atoms with Gasteiger partial charge in [0.25, 0.3) is 10.0 Å². The Morgan fingerprint density at radius 1 is 1.04 bits per heavy atom. The number of amides is 1. The molecule has 1 aliphatic heterocycles. The van der Waals surface area contributed by atoms with Crippen molar-refractivity contribution in [2.45, 2.75) is 18.2 Å². The molecule has 0 atom stereocenters. The monoisotopic (exact) mass is 393 g/mol. The molecule has 3 aromatic rings. The van der Waals surface area contributed by atoms with Crippen LogP contribution in [0.4, 0.5) is 11.5 Å². The van der Waals surface area contributed by atoms with E-state index in [1.54, 1.807) is 29.3 Å². The number of anilines is 2. The molecular weight excluding hydrogens is 374 g/mol. The van der Waals surface area contributed by atoms with Crippen LogP contribution in [0.15, 0.2) is 71.8 Å². The Morgan fingerprint density at radius 2 is 1.82 bits per heavy atom. The molecule has 1 N–H and O–H groups in total. The average molecular weight is 393 g/mol. The Hall–Kier alpha value is -3.19. The summed E-state index contributed by atoms with van der Waals surface area (Å²) < 4.78 is 28.0. The molecule has 0 saturated heterocycles. The van der Waals surface area contributed by atoms with Gasteiger partial charge in [0.05, 0.1) is 4.90 Å². The highest BCUT2D eigenvalue weighted by Gasteiger charge is 2.25. The van der Waals surface area contributed by atoms with Crippen molar-refractivity contribution in [3.05, 3.63) is 72.4 Å². The zero-order chi connectivity index (χ0) is 19.7. The number of carbonyl (C=O) groups excluding carboxylic acids is 1. The van der Waals surface area contributed by atoms with Crippen molar-refractivity contribution in [3.63, 3.8) is 0 Å². The second kappa shape index (κ2) is 7.09. The van der Waals surface area contributed by atoms with Crippen LogP contribution in [0.25, 0.3) is 11.1 Å². The Balaban J connectivity index is 1.56. The molecule has 1 aliphatic rings. The summed E-state index contributed by atoms with van der Waals surface area (Å²) in [5.41, 5.74) is 3.55. The van der Waals surface area contributed by atoms with E-state index in [1.807, 2.05) is 36.4 Å². The molecule has 0 fully saturated rings. The first-order valence-electron chi connectivity index (χ1n) is 8.89. The van der Waals surface area contributed by atoms with Crippen molar-refractivity contribution in [3.8, 4) is 11.1 Å². The number of aromatic nitrogens is 1. The Kier molecular flexibility index (Phi) is 4.60. The molecule has 1 amide bonds. The molecule has 0 radical (unpaired) electrons. The Morgan fingerprint density at radius 3 is 2.50 bits per heavy atom. The molecule has 2 heterocycles. The fourth-order valence-electron chi connectivity index (χ4n) is 3.32. The largest absolute Gasteiger partial charge is 0.312 e. The van der Waals surface area contributed by atoms with Crippen molar-refractivity contribution < 1.29 is 13.2 Å². The normalized spacial score (nSPS) is 13.2. The highest BCUT2D eigenvalue weighted by Crippen LogP contribution is 2.30. The van der Waals surface area contributed by atoms with E-state index in [0.29, 0.717) is 13.0 Å². The minimum atomic E-state index is -3.77. The zero-order valence-corrected chi connectivity index (χ0v) is 16.1. The number of carbonyl (C=O) groups is 1. The van der Waals surface area contributed by atoms with Crippen molar-refractivity contribution >= 4 is 27.4 Å². The predicted octanol–water partition coefficient (Wildman–Crippen LogP) is 3.46. The van der Waals surface area contributed by atoms with Crippen molar-refractivity contribution in [2.75, 3.05) is 16.2 Å². The number of hydrogen-bond donors (Lipinski definition) is 1. The molecule has 0 spiro atoms. The first kappa shape index (κ1) is 18.2. The van der Waals surface area contributed by atoms with Gasteiger partial charge in [-0.25, -0.2) is 13.4 Å². The maximum absolute atomic E-state index is 12.7. The second-order valence-corrected chi connectivity index (χ2v) is 8.30. The van der Waals surface area contributed by atoms with E-state index in [-0.39, 0.29) is 16.6 Å². The molecule has 142 valence electrons. The summed E-state index contributed by atoms with van der Waals surface area (Å²) in [6, 6.07) is 18.0. The summed E-state index contributed by atoms with van der Waals surface area (Å²) in [5, 5.41) is 0. The van der Waals surface area contributed by atoms with Crippen molar-refractivity contribution in [2.24, 2.45) is 0 Å². The lowest BCUT2D eigenvalue weighted by molar-refractivity contribution is -0.116. The SMILES string of the molecule is CC(=O)N1CCc2cc(S(=O)(=O)Nc3ccc(-c4ccccc4)cn3)ccc21. The van der Waals surface area contributed by atoms with Crippen LogP contribution in [0.1, 0.15) is 12.5 Å². The summed E-state index contributed by atoms with van der Waals surface area (Å²) >= 11 is 0. The number of benzene rings is 2. The Labute approximate surface area is 163 Å². The van der Waals surface area contributed by atoms with Crippen LogP contribution in [-0.2, 0) is 21.2 Å². The van der Waals surface area contributed by atoms with Crippen LogP contribution in [-0.4, -0.2) is 25.9 Å². The van der Waals surface area contributed by atoms with Crippen molar-refractivity contribution in [1.29, 1.82) is 0 Å². The van der Waals surface area contributed by atoms with Crippen molar-refractivity contribution in [1.82, 2.24) is 4.98 Å². The molecule has 0 aliphatic carbocycles. The highest BCUT2D eigenvalue weighted by molar-refractivity contribution is 7.92. The lowest BCUT2D eigenvalue weighted by Crippen LogP contribution is -2.25. The number of sulfonamides is 1. The number of pyridine rings is 1. The number of fused-ring (bicyclic) bond motifs is 1. The fourth-order valence-corrected chi connectivity index (χ4v) is 4.38. The molecule has 1 aromatic heterocycles. The molecular formula is C21H19N3O3S. The van der Waals surface area contributed by atoms with E-state index >= 15 is 0 Å². The Bertz CT molecular complexity index is 1130. The van der Waals surface area contributed by atoms with Gasteiger partial charge in [-0.1, -0.05) is 30.3 Å². The third-order valence-corrected chi connectivity index (χ3v) is 6.10. The lowest BCUT2D eigenvalue weighted by Gasteiger charge is -2.15. The minimum Gasteiger partial charge on any atom is -0.312 e. The zero-order valence-electron chi connectivity index (χ0n) is 15.3. The van der Waals surface area contributed by atoms with Gasteiger partial charge in [-0.2, -0.15) is 0 Å². The number of nitrogens with zero attached hydrogens (tertiary/aromatic N) is 2. The summed E-state index contributed by atoms with van der Waals surface area (Å²) in [6.45, 7) is 2.08. The van der Waals surface area contributed by atoms with Gasteiger partial charge < -0.3 is 4.90 Å². The van der Waals surface area contributed by atoms with Crippen LogP contribution in [0.2, 0.25) is 0 Å². The van der Waals surface area contributed by atoms with E-state index in [1.165, 1.54) is 13.0 Å². The summed E-state index contributed by atoms with van der Waals surface area (Å²) in [4.78, 5) is 17.7. The summed E-state index contributed by atoms with van der Waals surface area (Å²) in [7, 11) is -3.77. The van der Waals surface area contributed by atoms with E-state index in [0.717, 1.165) is 22.4 Å². The van der Waals surface area contributed by atoms with Gasteiger partial charge in [0.2, 0.25) is 5.91 Å². The number of nitrogens with one attached hydrogen (secondary N) is 1. The van der Waals surface area contributed by atoms with Crippen LogP contribution in [0.5, 0.6) is 0 Å². The summed E-state index contributed by atoms with van der Waals surface area (Å²) in [5.74, 6) is 0.209. The van der Waals surface area contributed by atoms with Crippen LogP contribution < -0.4 is 9.62 Å². The first-order chi connectivity index (χ1) is 13.4. The van der Waals surface area contributed by atoms with E-state index in [4.69, 9.17) is 0 Å². The van der Waals surface area contributed by atoms with E-state index < -0.39 is 10.0 Å². The third-order valence-electron chi connectivity index (χ3n) is 4.75. The van der Waals surface area contributed by atoms with Gasteiger partial charge in [-0.05, 0) is 47.9 Å². The molecule has 4 rings (SSSR count). The van der Waals surface area contributed by atoms with Crippen LogP contribution in [0.3, 0.4) is 0 Å². The highest BCUT2D eigenvalue weighted by atomic mass is 32.2. The molecule has 6 nitrogen and oxygen atoms in total. The van der Waals surface area contributed by atoms with E-state index in [9.17, 15) is 13.2 Å². The fraction of sp³-hybridized carbons (Fsp3) is 0.143. The molecule has 28 heavy (non-hydrogen) atoms. The maximum Gasteiger partial charge on any atom is 0.263 e. The quantitative estimate of drug-likeness (QED) is 0.736. The van der Waals surface area contributed by atoms with Gasteiger partial charge in [-0.3, -0.25) is 9.52 Å². The molecule has 7 heteroatoms. The van der Waals surface area contributed by atoms with Gasteiger partial charge in [0.15, 0.2) is 0 Å². The molecule has 0 bridgehead atoms. The van der Waals surface area contributed by atoms with Gasteiger partial charge in [0, 0.05) is 30.9 Å². The number of hydrogen-bond acceptors (Lipinski definition) is 4. The minimum absolute atomic E-state index is 0.0461. The first-order valence-corrected chi connectivity index (χ1v) is 10.4. The van der Waals surface area contributed by atoms with Gasteiger partial charge >= 0.3 is 0 Å². The van der Waals surface area contributed by atoms with E-state index in [2.05, 4.69) is 9.71 Å². The maximum atomic E-state index is 12.7. The topological polar surface area (TPSA) is 79.4 Å².